The number of esters is 6. The summed E-state index contributed by atoms with van der Waals surface area (Å²) in [5.74, 6) is -2.67. The average molecular weight is 1320 g/mol. The Bertz CT molecular complexity index is 3010. The number of carbonyl (C=O) groups excluding carboxylic acids is 6. The predicted octanol–water partition coefficient (Wildman–Crippen LogP) is 7.16. The van der Waals surface area contributed by atoms with Crippen molar-refractivity contribution >= 4 is 35.8 Å². The van der Waals surface area contributed by atoms with Gasteiger partial charge in [0, 0.05) is 48.1 Å². The largest absolute Gasteiger partial charge is 0.497 e. The van der Waals surface area contributed by atoms with Gasteiger partial charge in [-0.05, 0) is 90.0 Å². The highest BCUT2D eigenvalue weighted by atomic mass is 16.8. The highest BCUT2D eigenvalue weighted by molar-refractivity contribution is 5.69. The van der Waals surface area contributed by atoms with Gasteiger partial charge in [-0.3, -0.25) is 28.8 Å². The van der Waals surface area contributed by atoms with Crippen molar-refractivity contribution in [1.29, 1.82) is 0 Å². The molecule has 26 heteroatoms. The van der Waals surface area contributed by atoms with Gasteiger partial charge in [0.05, 0.1) is 61.5 Å². The van der Waals surface area contributed by atoms with Crippen molar-refractivity contribution in [2.75, 3.05) is 54.9 Å². The van der Waals surface area contributed by atoms with Crippen LogP contribution < -0.4 is 18.9 Å². The van der Waals surface area contributed by atoms with E-state index in [1.807, 2.05) is 36.4 Å². The van der Waals surface area contributed by atoms with Gasteiger partial charge in [-0.25, -0.2) is 0 Å². The van der Waals surface area contributed by atoms with Crippen LogP contribution in [0.25, 0.3) is 0 Å². The second-order valence-corrected chi connectivity index (χ2v) is 22.1. The lowest BCUT2D eigenvalue weighted by Crippen LogP contribution is -2.68. The molecule has 4 aromatic carbocycles. The standard InChI is InChI=1S/C68H86O26/c1-12-13-14-15-32-80-66-64(88-44(6)73)61(86-42(4)71)58(55(90-66)38-81-40(2)69)94-68-65(89-45(7)74)62(87-43(5)72)59(56(92-68)39-82-41(3)70)93-67-63(85-36-49-22-30-53(78-11)31-23-49)60(84-35-48-20-28-52(77-10)29-21-48)57(83-34-47-18-26-51(76-9)27-19-47)54(91-67)37-79-33-46-16-24-50(75-8)25-17-46/h12,16-31,54-68H,1,13-15,32-39H2,2-11H3/t54-,55-,56-,57+,58-,59+,60+,61+,62+,63-,64-,65-,66-,67-,68+/m1/s1. The van der Waals surface area contributed by atoms with Gasteiger partial charge in [-0.15, -0.1) is 6.58 Å². The summed E-state index contributed by atoms with van der Waals surface area (Å²) in [6, 6.07) is 28.9. The molecule has 3 heterocycles. The minimum Gasteiger partial charge on any atom is -0.497 e. The summed E-state index contributed by atoms with van der Waals surface area (Å²) < 4.78 is 124. The van der Waals surface area contributed by atoms with E-state index in [0.717, 1.165) is 58.2 Å². The van der Waals surface area contributed by atoms with E-state index in [4.69, 9.17) is 94.7 Å². The summed E-state index contributed by atoms with van der Waals surface area (Å²) in [7, 11) is 6.23. The lowest BCUT2D eigenvalue weighted by Gasteiger charge is -2.51. The lowest BCUT2D eigenvalue weighted by molar-refractivity contribution is -0.385. The second kappa shape index (κ2) is 37.4. The first-order valence-corrected chi connectivity index (χ1v) is 30.7. The summed E-state index contributed by atoms with van der Waals surface area (Å²) in [5.41, 5.74) is 2.95. The quantitative estimate of drug-likeness (QED) is 0.0191. The van der Waals surface area contributed by atoms with Crippen LogP contribution in [0.1, 0.15) is 83.1 Å². The minimum absolute atomic E-state index is 0.0184. The minimum atomic E-state index is -1.92. The van der Waals surface area contributed by atoms with E-state index in [9.17, 15) is 28.8 Å². The van der Waals surface area contributed by atoms with Crippen LogP contribution in [0.4, 0.5) is 0 Å². The van der Waals surface area contributed by atoms with E-state index >= 15 is 0 Å². The molecule has 94 heavy (non-hydrogen) atoms. The molecule has 0 radical (unpaired) electrons. The van der Waals surface area contributed by atoms with E-state index < -0.39 is 141 Å². The van der Waals surface area contributed by atoms with Crippen molar-refractivity contribution in [2.24, 2.45) is 0 Å². The smallest absolute Gasteiger partial charge is 0.303 e. The predicted molar refractivity (Wildman–Crippen MR) is 329 cm³/mol. The number of hydrogen-bond donors (Lipinski definition) is 0. The summed E-state index contributed by atoms with van der Waals surface area (Å²) in [5, 5.41) is 0. The molecule has 15 atom stereocenters. The molecule has 26 nitrogen and oxygen atoms in total. The van der Waals surface area contributed by atoms with Crippen molar-refractivity contribution in [3.05, 3.63) is 132 Å². The Kier molecular flexibility index (Phi) is 29.3. The van der Waals surface area contributed by atoms with E-state index in [1.165, 1.54) is 0 Å². The van der Waals surface area contributed by atoms with Gasteiger partial charge in [-0.1, -0.05) is 54.6 Å². The van der Waals surface area contributed by atoms with Gasteiger partial charge < -0.3 is 94.7 Å². The molecule has 3 aliphatic rings. The monoisotopic (exact) mass is 1320 g/mol. The topological polar surface area (TPSA) is 287 Å². The number of unbranched alkanes of at least 4 members (excludes halogenated alkanes) is 2. The second-order valence-electron chi connectivity index (χ2n) is 22.1. The number of methoxy groups -OCH3 is 4. The first kappa shape index (κ1) is 73.6. The van der Waals surface area contributed by atoms with Gasteiger partial charge in [-0.2, -0.15) is 0 Å². The van der Waals surface area contributed by atoms with Crippen LogP contribution in [0.5, 0.6) is 23.0 Å². The summed E-state index contributed by atoms with van der Waals surface area (Å²) in [6.07, 6.45) is -19.1. The number of hydrogen-bond acceptors (Lipinski definition) is 26. The van der Waals surface area contributed by atoms with Crippen molar-refractivity contribution in [3.63, 3.8) is 0 Å². The molecule has 0 bridgehead atoms. The van der Waals surface area contributed by atoms with Crippen LogP contribution in [0, 0.1) is 0 Å². The zero-order valence-electron chi connectivity index (χ0n) is 54.6. The number of carbonyl (C=O) groups is 6. The zero-order chi connectivity index (χ0) is 67.7. The SMILES string of the molecule is C=CCCCCO[C@@H]1O[C@H](COC(C)=O)[C@@H](O[C@@H]2O[C@H](COC(C)=O)[C@H](O[C@H]3O[C@H](COCc4ccc(OC)cc4)[C@H](OCc4ccc(OC)cc4)[C@H](OCc4ccc(OC)cc4)[C@H]3OCc3ccc(OC)cc3)[C@H](OC(C)=O)[C@H]2OC(C)=O)[C@H](OC(C)=O)[C@H]1OC(C)=O. The van der Waals surface area contributed by atoms with Gasteiger partial charge in [0.2, 0.25) is 0 Å². The number of ether oxygens (including phenoxy) is 20. The fourth-order valence-electron chi connectivity index (χ4n) is 10.6. The molecule has 0 spiro atoms. The molecule has 3 aliphatic heterocycles. The summed E-state index contributed by atoms with van der Waals surface area (Å²) in [4.78, 5) is 78.9. The first-order chi connectivity index (χ1) is 45.3. The van der Waals surface area contributed by atoms with Gasteiger partial charge in [0.15, 0.2) is 43.3 Å². The molecule has 0 aromatic heterocycles. The summed E-state index contributed by atoms with van der Waals surface area (Å²) >= 11 is 0. The van der Waals surface area contributed by atoms with Crippen molar-refractivity contribution in [2.45, 2.75) is 179 Å². The average Bonchev–Trinajstić information content (AvgIpc) is 0.767. The first-order valence-electron chi connectivity index (χ1n) is 30.7. The highest BCUT2D eigenvalue weighted by Gasteiger charge is 2.59. The van der Waals surface area contributed by atoms with Crippen LogP contribution in [-0.4, -0.2) is 183 Å². The Morgan fingerprint density at radius 2 is 0.713 bits per heavy atom. The molecule has 3 fully saturated rings. The van der Waals surface area contributed by atoms with E-state index in [1.54, 1.807) is 95.2 Å². The Hall–Kier alpha value is -7.76. The number of allylic oxidation sites excluding steroid dienone is 1. The van der Waals surface area contributed by atoms with Crippen LogP contribution in [-0.2, 0) is 131 Å². The van der Waals surface area contributed by atoms with Gasteiger partial charge >= 0.3 is 35.8 Å². The molecule has 0 N–H and O–H groups in total. The number of rotatable bonds is 35. The third-order valence-electron chi connectivity index (χ3n) is 15.1. The highest BCUT2D eigenvalue weighted by Crippen LogP contribution is 2.39. The van der Waals surface area contributed by atoms with Crippen molar-refractivity contribution in [3.8, 4) is 23.0 Å². The maximum Gasteiger partial charge on any atom is 0.303 e. The van der Waals surface area contributed by atoms with E-state index in [-0.39, 0.29) is 39.6 Å². The molecular formula is C68H86O26. The van der Waals surface area contributed by atoms with Crippen LogP contribution in [0.15, 0.2) is 110 Å². The van der Waals surface area contributed by atoms with Crippen LogP contribution in [0.3, 0.4) is 0 Å². The third-order valence-corrected chi connectivity index (χ3v) is 15.1. The van der Waals surface area contributed by atoms with Gasteiger partial charge in [0.1, 0.15) is 85.0 Å². The van der Waals surface area contributed by atoms with Crippen molar-refractivity contribution in [1.82, 2.24) is 0 Å². The third kappa shape index (κ3) is 22.2. The van der Waals surface area contributed by atoms with E-state index in [2.05, 4.69) is 6.58 Å². The summed E-state index contributed by atoms with van der Waals surface area (Å²) in [6.45, 7) is 9.09. The Balaban J connectivity index is 1.36. The lowest BCUT2D eigenvalue weighted by atomic mass is 9.95. The molecule has 0 amide bonds. The fourth-order valence-corrected chi connectivity index (χ4v) is 10.6. The van der Waals surface area contributed by atoms with Crippen molar-refractivity contribution < 1.29 is 124 Å². The molecule has 0 unspecified atom stereocenters. The van der Waals surface area contributed by atoms with Crippen LogP contribution >= 0.6 is 0 Å². The maximum atomic E-state index is 13.7. The van der Waals surface area contributed by atoms with Crippen LogP contribution in [0.2, 0.25) is 0 Å². The molecule has 3 saturated heterocycles. The van der Waals surface area contributed by atoms with E-state index in [0.29, 0.717) is 47.8 Å². The Labute approximate surface area is 546 Å². The van der Waals surface area contributed by atoms with Gasteiger partial charge in [0.25, 0.3) is 0 Å². The fraction of sp³-hybridized carbons (Fsp3) is 0.529. The molecule has 0 aliphatic carbocycles. The normalized spacial score (nSPS) is 25.7. The Morgan fingerprint density at radius 1 is 0.372 bits per heavy atom. The number of benzene rings is 4. The molecular weight excluding hydrogens is 1230 g/mol. The Morgan fingerprint density at radius 3 is 1.10 bits per heavy atom. The molecule has 514 valence electrons. The molecule has 4 aromatic rings. The zero-order valence-corrected chi connectivity index (χ0v) is 54.6. The maximum absolute atomic E-state index is 13.7. The molecule has 0 saturated carbocycles. The molecule has 7 rings (SSSR count).